The summed E-state index contributed by atoms with van der Waals surface area (Å²) in [4.78, 5) is 23.8. The van der Waals surface area contributed by atoms with E-state index in [1.54, 1.807) is 0 Å². The number of imide groups is 1. The average Bonchev–Trinajstić information content (AvgIpc) is 2.32. The molecule has 1 saturated carbocycles. The minimum atomic E-state index is -0.439. The van der Waals surface area contributed by atoms with Gasteiger partial charge in [0.25, 0.3) is 0 Å². The first-order chi connectivity index (χ1) is 9.60. The molecule has 0 spiro atoms. The molecule has 0 aromatic carbocycles. The molecule has 5 nitrogen and oxygen atoms in total. The monoisotopic (exact) mass is 297 g/mol. The Morgan fingerprint density at radius 3 is 2.33 bits per heavy atom. The predicted molar refractivity (Wildman–Crippen MR) is 85.0 cm³/mol. The molecular formula is C16H31N3O2. The SMILES string of the molecule is CC(NC1CCCC(C)C1C)C(=O)NC(=O)NC(C)(C)C. The van der Waals surface area contributed by atoms with Crippen molar-refractivity contribution in [3.8, 4) is 0 Å². The molecule has 122 valence electrons. The molecule has 0 heterocycles. The van der Waals surface area contributed by atoms with Gasteiger partial charge < -0.3 is 10.6 Å². The molecule has 0 aliphatic heterocycles. The lowest BCUT2D eigenvalue weighted by Gasteiger charge is -2.36. The molecule has 1 fully saturated rings. The molecule has 0 aromatic rings. The Bertz CT molecular complexity index is 376. The van der Waals surface area contributed by atoms with Crippen molar-refractivity contribution in [1.29, 1.82) is 0 Å². The number of hydrogen-bond donors (Lipinski definition) is 3. The summed E-state index contributed by atoms with van der Waals surface area (Å²) >= 11 is 0. The van der Waals surface area contributed by atoms with Crippen LogP contribution >= 0.6 is 0 Å². The first kappa shape index (κ1) is 18.0. The standard InChI is InChI=1S/C16H31N3O2/c1-10-8-7-9-13(11(10)2)17-12(3)14(20)18-15(21)19-16(4,5)6/h10-13,17H,7-9H2,1-6H3,(H2,18,19,20,21). The molecule has 0 saturated heterocycles. The maximum atomic E-state index is 12.1. The molecule has 4 unspecified atom stereocenters. The van der Waals surface area contributed by atoms with Crippen molar-refractivity contribution in [2.45, 2.75) is 78.4 Å². The zero-order chi connectivity index (χ0) is 16.2. The Balaban J connectivity index is 2.45. The minimum absolute atomic E-state index is 0.276. The van der Waals surface area contributed by atoms with Crippen LogP contribution in [0.4, 0.5) is 4.79 Å². The van der Waals surface area contributed by atoms with Gasteiger partial charge in [0.15, 0.2) is 0 Å². The Morgan fingerprint density at radius 1 is 1.14 bits per heavy atom. The Kier molecular flexibility index (Phi) is 6.20. The quantitative estimate of drug-likeness (QED) is 0.749. The number of carbonyl (C=O) groups is 2. The number of rotatable bonds is 3. The maximum Gasteiger partial charge on any atom is 0.321 e. The molecule has 1 rings (SSSR count). The van der Waals surface area contributed by atoms with Crippen molar-refractivity contribution in [3.63, 3.8) is 0 Å². The lowest BCUT2D eigenvalue weighted by Crippen LogP contribution is -2.55. The van der Waals surface area contributed by atoms with Crippen LogP contribution in [0.1, 0.15) is 60.8 Å². The van der Waals surface area contributed by atoms with E-state index in [0.29, 0.717) is 17.9 Å². The third-order valence-corrected chi connectivity index (χ3v) is 4.29. The Morgan fingerprint density at radius 2 is 1.76 bits per heavy atom. The first-order valence-electron chi connectivity index (χ1n) is 7.99. The van der Waals surface area contributed by atoms with Crippen LogP contribution in [-0.2, 0) is 4.79 Å². The normalized spacial score (nSPS) is 27.8. The summed E-state index contributed by atoms with van der Waals surface area (Å²) in [5.41, 5.74) is -0.353. The zero-order valence-electron chi connectivity index (χ0n) is 14.2. The molecule has 3 amide bonds. The third kappa shape index (κ3) is 6.04. The average molecular weight is 297 g/mol. The van der Waals surface area contributed by atoms with Gasteiger partial charge in [0.2, 0.25) is 5.91 Å². The van der Waals surface area contributed by atoms with Crippen molar-refractivity contribution >= 4 is 11.9 Å². The molecule has 3 N–H and O–H groups in total. The fourth-order valence-corrected chi connectivity index (χ4v) is 2.81. The second-order valence-electron chi connectivity index (χ2n) is 7.46. The number of hydrogen-bond acceptors (Lipinski definition) is 3. The summed E-state index contributed by atoms with van der Waals surface area (Å²) in [6.07, 6.45) is 3.55. The predicted octanol–water partition coefficient (Wildman–Crippen LogP) is 2.41. The fourth-order valence-electron chi connectivity index (χ4n) is 2.81. The number of urea groups is 1. The molecular weight excluding hydrogens is 266 g/mol. The van der Waals surface area contributed by atoms with Gasteiger partial charge in [-0.1, -0.05) is 26.7 Å². The maximum absolute atomic E-state index is 12.1. The topological polar surface area (TPSA) is 70.2 Å². The van der Waals surface area contributed by atoms with E-state index in [9.17, 15) is 9.59 Å². The highest BCUT2D eigenvalue weighted by molar-refractivity contribution is 5.97. The molecule has 1 aliphatic rings. The zero-order valence-corrected chi connectivity index (χ0v) is 14.2. The van der Waals surface area contributed by atoms with E-state index in [0.717, 1.165) is 6.42 Å². The van der Waals surface area contributed by atoms with Crippen molar-refractivity contribution < 1.29 is 9.59 Å². The van der Waals surface area contributed by atoms with Gasteiger partial charge in [-0.25, -0.2) is 4.79 Å². The van der Waals surface area contributed by atoms with Crippen LogP contribution in [0.25, 0.3) is 0 Å². The molecule has 5 heteroatoms. The second kappa shape index (κ2) is 7.25. The molecule has 4 atom stereocenters. The van der Waals surface area contributed by atoms with E-state index in [1.165, 1.54) is 12.8 Å². The summed E-state index contributed by atoms with van der Waals surface area (Å²) < 4.78 is 0. The Hall–Kier alpha value is -1.10. The van der Waals surface area contributed by atoms with Crippen LogP contribution in [0.15, 0.2) is 0 Å². The smallest absolute Gasteiger partial charge is 0.321 e. The van der Waals surface area contributed by atoms with Crippen molar-refractivity contribution in [2.24, 2.45) is 11.8 Å². The van der Waals surface area contributed by atoms with Gasteiger partial charge in [-0.05, 0) is 46.0 Å². The number of carbonyl (C=O) groups excluding carboxylic acids is 2. The van der Waals surface area contributed by atoms with Gasteiger partial charge in [-0.3, -0.25) is 10.1 Å². The van der Waals surface area contributed by atoms with E-state index >= 15 is 0 Å². The molecule has 0 aromatic heterocycles. The second-order valence-corrected chi connectivity index (χ2v) is 7.46. The fraction of sp³-hybridized carbons (Fsp3) is 0.875. The summed E-state index contributed by atoms with van der Waals surface area (Å²) in [6, 6.07) is -0.458. The Labute approximate surface area is 128 Å². The lowest BCUT2D eigenvalue weighted by atomic mass is 9.78. The first-order valence-corrected chi connectivity index (χ1v) is 7.99. The van der Waals surface area contributed by atoms with Gasteiger partial charge in [0.1, 0.15) is 0 Å². The van der Waals surface area contributed by atoms with Crippen molar-refractivity contribution in [3.05, 3.63) is 0 Å². The van der Waals surface area contributed by atoms with E-state index in [-0.39, 0.29) is 17.5 Å². The molecule has 0 bridgehead atoms. The summed E-state index contributed by atoms with van der Waals surface area (Å²) in [7, 11) is 0. The molecule has 1 aliphatic carbocycles. The van der Waals surface area contributed by atoms with Crippen LogP contribution in [0.2, 0.25) is 0 Å². The van der Waals surface area contributed by atoms with Crippen LogP contribution in [0.5, 0.6) is 0 Å². The molecule has 21 heavy (non-hydrogen) atoms. The highest BCUT2D eigenvalue weighted by Gasteiger charge is 2.29. The van der Waals surface area contributed by atoms with Crippen LogP contribution in [0, 0.1) is 11.8 Å². The third-order valence-electron chi connectivity index (χ3n) is 4.29. The summed E-state index contributed by atoms with van der Waals surface area (Å²) in [5, 5.41) is 8.50. The summed E-state index contributed by atoms with van der Waals surface area (Å²) in [5.74, 6) is 0.954. The highest BCUT2D eigenvalue weighted by Crippen LogP contribution is 2.29. The largest absolute Gasteiger partial charge is 0.333 e. The van der Waals surface area contributed by atoms with E-state index in [1.807, 2.05) is 27.7 Å². The van der Waals surface area contributed by atoms with E-state index in [2.05, 4.69) is 29.8 Å². The molecule has 0 radical (unpaired) electrons. The van der Waals surface area contributed by atoms with Gasteiger partial charge in [-0.15, -0.1) is 0 Å². The van der Waals surface area contributed by atoms with Crippen molar-refractivity contribution in [1.82, 2.24) is 16.0 Å². The van der Waals surface area contributed by atoms with Gasteiger partial charge >= 0.3 is 6.03 Å². The van der Waals surface area contributed by atoms with E-state index in [4.69, 9.17) is 0 Å². The van der Waals surface area contributed by atoms with Crippen LogP contribution < -0.4 is 16.0 Å². The van der Waals surface area contributed by atoms with Crippen LogP contribution in [-0.4, -0.2) is 29.6 Å². The highest BCUT2D eigenvalue weighted by atomic mass is 16.2. The van der Waals surface area contributed by atoms with Gasteiger partial charge in [0, 0.05) is 11.6 Å². The minimum Gasteiger partial charge on any atom is -0.333 e. The lowest BCUT2D eigenvalue weighted by molar-refractivity contribution is -0.122. The van der Waals surface area contributed by atoms with E-state index < -0.39 is 6.03 Å². The van der Waals surface area contributed by atoms with Crippen LogP contribution in [0.3, 0.4) is 0 Å². The van der Waals surface area contributed by atoms with Crippen molar-refractivity contribution in [2.75, 3.05) is 0 Å². The van der Waals surface area contributed by atoms with Gasteiger partial charge in [0.05, 0.1) is 6.04 Å². The summed E-state index contributed by atoms with van der Waals surface area (Å²) in [6.45, 7) is 11.9. The number of amides is 3. The number of nitrogens with one attached hydrogen (secondary N) is 3. The van der Waals surface area contributed by atoms with Gasteiger partial charge in [-0.2, -0.15) is 0 Å².